The summed E-state index contributed by atoms with van der Waals surface area (Å²) in [4.78, 5) is 12.5. The van der Waals surface area contributed by atoms with Crippen molar-refractivity contribution in [2.24, 2.45) is 0 Å². The Morgan fingerprint density at radius 2 is 2.40 bits per heavy atom. The van der Waals surface area contributed by atoms with Gasteiger partial charge in [-0.15, -0.1) is 23.2 Å². The SMILES string of the molecule is CC#CCCNC(=O)c1sccc1CC. The van der Waals surface area contributed by atoms with Crippen LogP contribution in [0.25, 0.3) is 0 Å². The number of hydrogen-bond acceptors (Lipinski definition) is 2. The van der Waals surface area contributed by atoms with Crippen LogP contribution in [0.4, 0.5) is 0 Å². The molecule has 0 bridgehead atoms. The van der Waals surface area contributed by atoms with Crippen molar-refractivity contribution < 1.29 is 4.79 Å². The lowest BCUT2D eigenvalue weighted by molar-refractivity contribution is 0.0958. The Kier molecular flexibility index (Phi) is 4.92. The highest BCUT2D eigenvalue weighted by atomic mass is 32.1. The molecular weight excluding hydrogens is 206 g/mol. The molecule has 3 heteroatoms. The van der Waals surface area contributed by atoms with Crippen molar-refractivity contribution in [3.8, 4) is 11.8 Å². The van der Waals surface area contributed by atoms with E-state index in [2.05, 4.69) is 24.1 Å². The molecule has 0 spiro atoms. The number of hydrogen-bond donors (Lipinski definition) is 1. The first kappa shape index (κ1) is 11.8. The van der Waals surface area contributed by atoms with Gasteiger partial charge in [-0.25, -0.2) is 0 Å². The first-order valence-corrected chi connectivity index (χ1v) is 5.91. The van der Waals surface area contributed by atoms with Crippen molar-refractivity contribution >= 4 is 17.2 Å². The lowest BCUT2D eigenvalue weighted by atomic mass is 10.2. The van der Waals surface area contributed by atoms with Crippen molar-refractivity contribution in [1.82, 2.24) is 5.32 Å². The van der Waals surface area contributed by atoms with Gasteiger partial charge < -0.3 is 5.32 Å². The number of carbonyl (C=O) groups excluding carboxylic acids is 1. The molecule has 0 radical (unpaired) electrons. The minimum atomic E-state index is 0.0275. The fraction of sp³-hybridized carbons (Fsp3) is 0.417. The Hall–Kier alpha value is -1.27. The molecule has 0 saturated carbocycles. The second kappa shape index (κ2) is 6.26. The van der Waals surface area contributed by atoms with E-state index >= 15 is 0 Å². The fourth-order valence-electron chi connectivity index (χ4n) is 1.26. The Bertz CT molecular complexity index is 384. The Labute approximate surface area is 94.7 Å². The zero-order valence-corrected chi connectivity index (χ0v) is 9.91. The van der Waals surface area contributed by atoms with E-state index in [1.165, 1.54) is 11.3 Å². The summed E-state index contributed by atoms with van der Waals surface area (Å²) in [7, 11) is 0. The van der Waals surface area contributed by atoms with Gasteiger partial charge in [0.2, 0.25) is 0 Å². The molecule has 0 aliphatic heterocycles. The summed E-state index contributed by atoms with van der Waals surface area (Å²) in [6.07, 6.45) is 1.62. The van der Waals surface area contributed by atoms with Gasteiger partial charge in [0.05, 0.1) is 4.88 Å². The molecule has 1 aromatic rings. The molecule has 0 aliphatic rings. The van der Waals surface area contributed by atoms with Crippen molar-refractivity contribution in [3.63, 3.8) is 0 Å². The molecule has 1 heterocycles. The van der Waals surface area contributed by atoms with Crippen molar-refractivity contribution in [2.45, 2.75) is 26.7 Å². The monoisotopic (exact) mass is 221 g/mol. The summed E-state index contributed by atoms with van der Waals surface area (Å²) in [5.74, 6) is 5.74. The third-order valence-electron chi connectivity index (χ3n) is 2.05. The van der Waals surface area contributed by atoms with Gasteiger partial charge in [0.15, 0.2) is 0 Å². The molecule has 1 rings (SSSR count). The third kappa shape index (κ3) is 3.41. The van der Waals surface area contributed by atoms with E-state index in [4.69, 9.17) is 0 Å². The zero-order chi connectivity index (χ0) is 11.1. The number of carbonyl (C=O) groups is 1. The van der Waals surface area contributed by atoms with Crippen molar-refractivity contribution in [3.05, 3.63) is 21.9 Å². The van der Waals surface area contributed by atoms with Crippen LogP contribution in [0.15, 0.2) is 11.4 Å². The highest BCUT2D eigenvalue weighted by Gasteiger charge is 2.10. The van der Waals surface area contributed by atoms with E-state index in [9.17, 15) is 4.79 Å². The van der Waals surface area contributed by atoms with E-state index < -0.39 is 0 Å². The lowest BCUT2D eigenvalue weighted by Crippen LogP contribution is -2.24. The summed E-state index contributed by atoms with van der Waals surface area (Å²) in [6, 6.07) is 2.01. The smallest absolute Gasteiger partial charge is 0.261 e. The molecule has 0 aromatic carbocycles. The Balaban J connectivity index is 2.49. The largest absolute Gasteiger partial charge is 0.350 e. The minimum Gasteiger partial charge on any atom is -0.350 e. The van der Waals surface area contributed by atoms with Gasteiger partial charge in [0, 0.05) is 13.0 Å². The van der Waals surface area contributed by atoms with Crippen molar-refractivity contribution in [1.29, 1.82) is 0 Å². The molecule has 0 aliphatic carbocycles. The van der Waals surface area contributed by atoms with Crippen LogP contribution in [0.5, 0.6) is 0 Å². The quantitative estimate of drug-likeness (QED) is 0.614. The molecule has 1 aromatic heterocycles. The first-order chi connectivity index (χ1) is 7.29. The highest BCUT2D eigenvalue weighted by molar-refractivity contribution is 7.12. The van der Waals surface area contributed by atoms with Gasteiger partial charge in [-0.1, -0.05) is 6.92 Å². The summed E-state index contributed by atoms with van der Waals surface area (Å²) >= 11 is 1.50. The average molecular weight is 221 g/mol. The number of rotatable bonds is 4. The van der Waals surface area contributed by atoms with Crippen LogP contribution in [0.2, 0.25) is 0 Å². The molecule has 1 amide bonds. The zero-order valence-electron chi connectivity index (χ0n) is 9.09. The normalized spacial score (nSPS) is 9.20. The summed E-state index contributed by atoms with van der Waals surface area (Å²) in [5, 5.41) is 4.82. The minimum absolute atomic E-state index is 0.0275. The van der Waals surface area contributed by atoms with Crippen LogP contribution in [0, 0.1) is 11.8 Å². The van der Waals surface area contributed by atoms with Crippen molar-refractivity contribution in [2.75, 3.05) is 6.54 Å². The van der Waals surface area contributed by atoms with E-state index in [1.54, 1.807) is 6.92 Å². The summed E-state index contributed by atoms with van der Waals surface area (Å²) < 4.78 is 0. The third-order valence-corrected chi connectivity index (χ3v) is 3.00. The molecule has 0 fully saturated rings. The van der Waals surface area contributed by atoms with Gasteiger partial charge >= 0.3 is 0 Å². The van der Waals surface area contributed by atoms with Crippen LogP contribution in [0.1, 0.15) is 35.5 Å². The average Bonchev–Trinajstić information content (AvgIpc) is 2.72. The number of aryl methyl sites for hydroxylation is 1. The van der Waals surface area contributed by atoms with E-state index in [0.717, 1.165) is 23.3 Å². The second-order valence-electron chi connectivity index (χ2n) is 3.06. The highest BCUT2D eigenvalue weighted by Crippen LogP contribution is 2.16. The van der Waals surface area contributed by atoms with Gasteiger partial charge in [0.25, 0.3) is 5.91 Å². The second-order valence-corrected chi connectivity index (χ2v) is 3.98. The first-order valence-electron chi connectivity index (χ1n) is 5.03. The molecule has 0 atom stereocenters. The van der Waals surface area contributed by atoms with E-state index in [1.807, 2.05) is 11.4 Å². The summed E-state index contributed by atoms with van der Waals surface area (Å²) in [6.45, 7) is 4.48. The topological polar surface area (TPSA) is 29.1 Å². The maximum atomic E-state index is 11.7. The predicted octanol–water partition coefficient (Wildman–Crippen LogP) is 2.45. The van der Waals surface area contributed by atoms with Gasteiger partial charge in [-0.2, -0.15) is 0 Å². The number of amides is 1. The van der Waals surface area contributed by atoms with Crippen LogP contribution < -0.4 is 5.32 Å². The molecular formula is C12H15NOS. The lowest BCUT2D eigenvalue weighted by Gasteiger charge is -2.02. The molecule has 15 heavy (non-hydrogen) atoms. The molecule has 2 nitrogen and oxygen atoms in total. The van der Waals surface area contributed by atoms with Gasteiger partial charge in [0.1, 0.15) is 0 Å². The van der Waals surface area contributed by atoms with Crippen LogP contribution in [-0.4, -0.2) is 12.5 Å². The maximum Gasteiger partial charge on any atom is 0.261 e. The molecule has 0 saturated heterocycles. The molecule has 0 unspecified atom stereocenters. The Morgan fingerprint density at radius 3 is 3.07 bits per heavy atom. The predicted molar refractivity (Wildman–Crippen MR) is 64.1 cm³/mol. The standard InChI is InChI=1S/C12H15NOS/c1-3-5-6-8-13-12(14)11-10(4-2)7-9-15-11/h7,9H,4,6,8H2,1-2H3,(H,13,14). The molecule has 80 valence electrons. The molecule has 1 N–H and O–H groups in total. The van der Waals surface area contributed by atoms with E-state index in [0.29, 0.717) is 6.54 Å². The van der Waals surface area contributed by atoms with Gasteiger partial charge in [-0.3, -0.25) is 4.79 Å². The maximum absolute atomic E-state index is 11.7. The van der Waals surface area contributed by atoms with E-state index in [-0.39, 0.29) is 5.91 Å². The fourth-order valence-corrected chi connectivity index (χ4v) is 2.17. The Morgan fingerprint density at radius 1 is 1.60 bits per heavy atom. The number of nitrogens with one attached hydrogen (secondary N) is 1. The van der Waals surface area contributed by atoms with Gasteiger partial charge in [-0.05, 0) is 30.4 Å². The number of thiophene rings is 1. The van der Waals surface area contributed by atoms with Crippen LogP contribution in [0.3, 0.4) is 0 Å². The van der Waals surface area contributed by atoms with Crippen LogP contribution in [-0.2, 0) is 6.42 Å². The van der Waals surface area contributed by atoms with Crippen LogP contribution >= 0.6 is 11.3 Å². The summed E-state index contributed by atoms with van der Waals surface area (Å²) in [5.41, 5.74) is 1.12.